The summed E-state index contributed by atoms with van der Waals surface area (Å²) in [6.45, 7) is 4.89. The first-order valence-electron chi connectivity index (χ1n) is 32.8. The summed E-state index contributed by atoms with van der Waals surface area (Å²) in [5.74, 6) is -0.0644. The van der Waals surface area contributed by atoms with E-state index in [0.717, 1.165) is 44.9 Å². The van der Waals surface area contributed by atoms with Gasteiger partial charge in [0.2, 0.25) is 5.91 Å². The van der Waals surface area contributed by atoms with Crippen LogP contribution in [0.1, 0.15) is 354 Å². The van der Waals surface area contributed by atoms with Crippen molar-refractivity contribution < 1.29 is 24.5 Å². The van der Waals surface area contributed by atoms with Crippen LogP contribution in [0.4, 0.5) is 0 Å². The van der Waals surface area contributed by atoms with Crippen molar-refractivity contribution in [3.05, 3.63) is 36.5 Å². The van der Waals surface area contributed by atoms with Gasteiger partial charge < -0.3 is 20.3 Å². The van der Waals surface area contributed by atoms with Crippen molar-refractivity contribution in [3.8, 4) is 0 Å². The number of rotatable bonds is 61. The second kappa shape index (κ2) is 62.6. The van der Waals surface area contributed by atoms with Gasteiger partial charge in [-0.25, -0.2) is 0 Å². The Morgan fingerprint density at radius 1 is 0.370 bits per heavy atom. The lowest BCUT2D eigenvalue weighted by atomic mass is 10.0. The molecule has 73 heavy (non-hydrogen) atoms. The molecule has 0 aliphatic carbocycles. The Bertz CT molecular complexity index is 1180. The van der Waals surface area contributed by atoms with Crippen molar-refractivity contribution in [3.63, 3.8) is 0 Å². The molecule has 0 saturated carbocycles. The minimum Gasteiger partial charge on any atom is -0.466 e. The summed E-state index contributed by atoms with van der Waals surface area (Å²) in [6.07, 6.45) is 79.2. The van der Waals surface area contributed by atoms with Gasteiger partial charge in [-0.1, -0.05) is 301 Å². The lowest BCUT2D eigenvalue weighted by Gasteiger charge is -2.20. The normalized spacial score (nSPS) is 12.8. The molecular formula is C67H127NO5. The summed E-state index contributed by atoms with van der Waals surface area (Å²) in [5, 5.41) is 23.2. The van der Waals surface area contributed by atoms with Crippen LogP contribution in [0.3, 0.4) is 0 Å². The van der Waals surface area contributed by atoms with Crippen LogP contribution in [-0.2, 0) is 14.3 Å². The smallest absolute Gasteiger partial charge is 0.305 e. The van der Waals surface area contributed by atoms with Gasteiger partial charge in [-0.3, -0.25) is 9.59 Å². The molecule has 430 valence electrons. The van der Waals surface area contributed by atoms with Gasteiger partial charge in [0.15, 0.2) is 0 Å². The van der Waals surface area contributed by atoms with Crippen molar-refractivity contribution in [2.75, 3.05) is 13.2 Å². The molecule has 2 atom stereocenters. The summed E-state index contributed by atoms with van der Waals surface area (Å²) in [7, 11) is 0. The van der Waals surface area contributed by atoms with E-state index in [0.29, 0.717) is 19.4 Å². The molecule has 2 unspecified atom stereocenters. The summed E-state index contributed by atoms with van der Waals surface area (Å²) in [6, 6.07) is -0.630. The largest absolute Gasteiger partial charge is 0.466 e. The van der Waals surface area contributed by atoms with Crippen molar-refractivity contribution in [1.82, 2.24) is 5.32 Å². The molecule has 0 spiro atoms. The third-order valence-electron chi connectivity index (χ3n) is 15.1. The van der Waals surface area contributed by atoms with E-state index < -0.39 is 12.1 Å². The second-order valence-corrected chi connectivity index (χ2v) is 22.4. The van der Waals surface area contributed by atoms with Crippen LogP contribution in [0.25, 0.3) is 0 Å². The predicted molar refractivity (Wildman–Crippen MR) is 319 cm³/mol. The van der Waals surface area contributed by atoms with Crippen LogP contribution in [-0.4, -0.2) is 47.4 Å². The molecular weight excluding hydrogens is 899 g/mol. The van der Waals surface area contributed by atoms with Crippen LogP contribution >= 0.6 is 0 Å². The standard InChI is InChI=1S/C67H127NO5/c1-3-5-7-9-11-13-15-16-17-18-27-30-33-36-40-43-47-51-55-59-65(70)64(63-69)68-66(71)60-56-52-48-44-41-37-34-31-28-25-23-21-19-20-22-24-26-29-32-35-38-42-46-50-54-58-62-73-67(72)61-57-53-49-45-39-14-12-10-8-6-4-2/h10,12,19,21,55,59,64-65,69-70H,3-9,11,13-18,20,22-54,56-58,60-63H2,1-2H3,(H,68,71)/b12-10-,21-19-,59-55+. The molecule has 0 aromatic heterocycles. The van der Waals surface area contributed by atoms with Gasteiger partial charge in [-0.05, 0) is 77.0 Å². The highest BCUT2D eigenvalue weighted by Gasteiger charge is 2.18. The van der Waals surface area contributed by atoms with E-state index >= 15 is 0 Å². The van der Waals surface area contributed by atoms with Gasteiger partial charge >= 0.3 is 5.97 Å². The number of carbonyl (C=O) groups excluding carboxylic acids is 2. The molecule has 0 radical (unpaired) electrons. The Hall–Kier alpha value is -1.92. The highest BCUT2D eigenvalue weighted by molar-refractivity contribution is 5.76. The predicted octanol–water partition coefficient (Wildman–Crippen LogP) is 20.8. The van der Waals surface area contributed by atoms with Gasteiger partial charge in [0, 0.05) is 12.8 Å². The molecule has 0 aliphatic rings. The number of amides is 1. The minimum atomic E-state index is -0.846. The SMILES string of the molecule is CCCC/C=C\CCCCCCCC(=O)OCCCCCCCCCCCCCC/C=C\CCCCCCCCCCCCC(=O)NC(CO)C(O)/C=C/CCCCCCCCCCCCCCCCCCC. The summed E-state index contributed by atoms with van der Waals surface area (Å²) in [4.78, 5) is 24.5. The minimum absolute atomic E-state index is 0.00287. The lowest BCUT2D eigenvalue weighted by Crippen LogP contribution is -2.45. The summed E-state index contributed by atoms with van der Waals surface area (Å²) >= 11 is 0. The molecule has 0 heterocycles. The molecule has 0 bridgehead atoms. The summed E-state index contributed by atoms with van der Waals surface area (Å²) < 4.78 is 5.46. The average Bonchev–Trinajstić information content (AvgIpc) is 3.39. The number of hydrogen-bond donors (Lipinski definition) is 3. The first kappa shape index (κ1) is 71.1. The fourth-order valence-electron chi connectivity index (χ4n) is 10.1. The molecule has 0 aromatic rings. The zero-order valence-electron chi connectivity index (χ0n) is 49.1. The first-order chi connectivity index (χ1) is 36.0. The molecule has 0 saturated heterocycles. The van der Waals surface area contributed by atoms with Gasteiger partial charge in [0.25, 0.3) is 0 Å². The maximum Gasteiger partial charge on any atom is 0.305 e. The zero-order chi connectivity index (χ0) is 52.9. The molecule has 0 rings (SSSR count). The van der Waals surface area contributed by atoms with E-state index in [2.05, 4.69) is 43.5 Å². The van der Waals surface area contributed by atoms with Crippen LogP contribution in [0.5, 0.6) is 0 Å². The number of unbranched alkanes of at least 4 members (excludes halogenated alkanes) is 46. The fourth-order valence-corrected chi connectivity index (χ4v) is 10.1. The van der Waals surface area contributed by atoms with Gasteiger partial charge in [0.05, 0.1) is 25.4 Å². The highest BCUT2D eigenvalue weighted by atomic mass is 16.5. The number of aliphatic hydroxyl groups excluding tert-OH is 2. The number of esters is 1. The molecule has 6 nitrogen and oxygen atoms in total. The highest BCUT2D eigenvalue weighted by Crippen LogP contribution is 2.17. The van der Waals surface area contributed by atoms with Crippen molar-refractivity contribution in [2.24, 2.45) is 0 Å². The molecule has 0 fully saturated rings. The monoisotopic (exact) mass is 1030 g/mol. The third kappa shape index (κ3) is 59.2. The van der Waals surface area contributed by atoms with E-state index in [9.17, 15) is 19.8 Å². The lowest BCUT2D eigenvalue weighted by molar-refractivity contribution is -0.143. The van der Waals surface area contributed by atoms with Crippen LogP contribution in [0.2, 0.25) is 0 Å². The second-order valence-electron chi connectivity index (χ2n) is 22.4. The Morgan fingerprint density at radius 2 is 0.658 bits per heavy atom. The van der Waals surface area contributed by atoms with Crippen molar-refractivity contribution in [1.29, 1.82) is 0 Å². The van der Waals surface area contributed by atoms with E-state index in [4.69, 9.17) is 4.74 Å². The quantitative estimate of drug-likeness (QED) is 0.0320. The maximum absolute atomic E-state index is 12.5. The molecule has 1 amide bonds. The van der Waals surface area contributed by atoms with E-state index in [1.807, 2.05) is 6.08 Å². The van der Waals surface area contributed by atoms with Gasteiger partial charge in [-0.2, -0.15) is 0 Å². The maximum atomic E-state index is 12.5. The van der Waals surface area contributed by atoms with E-state index in [1.54, 1.807) is 6.08 Å². The van der Waals surface area contributed by atoms with E-state index in [1.165, 1.54) is 283 Å². The van der Waals surface area contributed by atoms with Crippen LogP contribution in [0.15, 0.2) is 36.5 Å². The molecule has 0 aliphatic heterocycles. The number of allylic oxidation sites excluding steroid dienone is 5. The fraction of sp³-hybridized carbons (Fsp3) is 0.881. The Kier molecular flexibility index (Phi) is 61.0. The van der Waals surface area contributed by atoms with Crippen molar-refractivity contribution in [2.45, 2.75) is 366 Å². The van der Waals surface area contributed by atoms with Gasteiger partial charge in [0.1, 0.15) is 0 Å². The number of aliphatic hydroxyl groups is 2. The molecule has 6 heteroatoms. The number of nitrogens with one attached hydrogen (secondary N) is 1. The van der Waals surface area contributed by atoms with Crippen LogP contribution < -0.4 is 5.32 Å². The van der Waals surface area contributed by atoms with Crippen LogP contribution in [0, 0.1) is 0 Å². The molecule has 0 aromatic carbocycles. The topological polar surface area (TPSA) is 95.9 Å². The van der Waals surface area contributed by atoms with Gasteiger partial charge in [-0.15, -0.1) is 0 Å². The first-order valence-corrected chi connectivity index (χ1v) is 32.8. The van der Waals surface area contributed by atoms with E-state index in [-0.39, 0.29) is 18.5 Å². The Morgan fingerprint density at radius 3 is 1.01 bits per heavy atom. The Labute approximate surface area is 455 Å². The number of carbonyl (C=O) groups is 2. The zero-order valence-corrected chi connectivity index (χ0v) is 49.1. The van der Waals surface area contributed by atoms with Crippen molar-refractivity contribution >= 4 is 11.9 Å². The third-order valence-corrected chi connectivity index (χ3v) is 15.1. The number of hydrogen-bond acceptors (Lipinski definition) is 5. The molecule has 3 N–H and O–H groups in total. The Balaban J connectivity index is 3.43. The number of ether oxygens (including phenoxy) is 1. The average molecular weight is 1030 g/mol. The summed E-state index contributed by atoms with van der Waals surface area (Å²) in [5.41, 5.74) is 0.